The summed E-state index contributed by atoms with van der Waals surface area (Å²) in [6.07, 6.45) is 1.14. The number of carbonyl (C=O) groups is 1. The lowest BCUT2D eigenvalue weighted by molar-refractivity contribution is 0.184. The number of ether oxygens (including phenoxy) is 1. The molecule has 0 radical (unpaired) electrons. The third-order valence-corrected chi connectivity index (χ3v) is 5.48. The third kappa shape index (κ3) is 6.07. The topological polar surface area (TPSA) is 50.4 Å². The minimum Gasteiger partial charge on any atom is -0.380 e. The van der Waals surface area contributed by atoms with Crippen LogP contribution in [0.5, 0.6) is 0 Å². The molecule has 2 rings (SSSR count). The first-order valence-electron chi connectivity index (χ1n) is 8.91. The molecule has 0 heterocycles. The summed E-state index contributed by atoms with van der Waals surface area (Å²) in [6, 6.07) is 13.9. The van der Waals surface area contributed by atoms with Crippen LogP contribution in [-0.4, -0.2) is 18.4 Å². The number of hydrogen-bond acceptors (Lipinski definition) is 3. The van der Waals surface area contributed by atoms with E-state index in [0.717, 1.165) is 28.8 Å². The highest BCUT2D eigenvalue weighted by Gasteiger charge is 2.08. The van der Waals surface area contributed by atoms with E-state index in [1.54, 1.807) is 7.11 Å². The van der Waals surface area contributed by atoms with E-state index in [2.05, 4.69) is 36.6 Å². The van der Waals surface area contributed by atoms with Gasteiger partial charge >= 0.3 is 6.03 Å². The Balaban J connectivity index is 1.94. The lowest BCUT2D eigenvalue weighted by Gasteiger charge is -2.14. The number of amides is 2. The van der Waals surface area contributed by atoms with Gasteiger partial charge in [0.05, 0.1) is 6.61 Å². The van der Waals surface area contributed by atoms with E-state index in [4.69, 9.17) is 4.74 Å². The molecule has 0 bridgehead atoms. The maximum Gasteiger partial charge on any atom is 0.319 e. The lowest BCUT2D eigenvalue weighted by Crippen LogP contribution is -2.28. The molecule has 0 saturated heterocycles. The van der Waals surface area contributed by atoms with Crippen molar-refractivity contribution in [2.75, 3.05) is 12.4 Å². The van der Waals surface area contributed by atoms with Gasteiger partial charge in [-0.05, 0) is 48.2 Å². The molecular formula is C21H28N2O2S. The molecule has 0 saturated carbocycles. The Morgan fingerprint density at radius 2 is 1.92 bits per heavy atom. The maximum atomic E-state index is 12.3. The van der Waals surface area contributed by atoms with Crippen LogP contribution in [0, 0.1) is 6.92 Å². The first-order valence-corrected chi connectivity index (χ1v) is 9.79. The molecule has 0 aliphatic heterocycles. The van der Waals surface area contributed by atoms with E-state index < -0.39 is 0 Å². The number of aryl methyl sites for hydroxylation is 1. The molecule has 0 aliphatic rings. The Morgan fingerprint density at radius 3 is 2.58 bits per heavy atom. The van der Waals surface area contributed by atoms with Crippen molar-refractivity contribution in [1.82, 2.24) is 5.32 Å². The van der Waals surface area contributed by atoms with E-state index in [1.165, 1.54) is 4.90 Å². The van der Waals surface area contributed by atoms with Crippen LogP contribution in [0.4, 0.5) is 10.5 Å². The third-order valence-electron chi connectivity index (χ3n) is 4.22. The van der Waals surface area contributed by atoms with Crippen molar-refractivity contribution in [1.29, 1.82) is 0 Å². The SMILES string of the molecule is CCC(C)Sc1ccc(NC(=O)NCc2ccccc2COC)c(C)c1. The largest absolute Gasteiger partial charge is 0.380 e. The van der Waals surface area contributed by atoms with Gasteiger partial charge in [0.1, 0.15) is 0 Å². The first kappa shape index (κ1) is 20.3. The summed E-state index contributed by atoms with van der Waals surface area (Å²) in [4.78, 5) is 13.5. The average molecular weight is 373 g/mol. The molecule has 1 atom stereocenters. The zero-order valence-corrected chi connectivity index (χ0v) is 16.8. The van der Waals surface area contributed by atoms with Crippen LogP contribution in [0.1, 0.15) is 37.0 Å². The fraction of sp³-hybridized carbons (Fsp3) is 0.381. The molecule has 0 aromatic heterocycles. The molecule has 0 spiro atoms. The fourth-order valence-electron chi connectivity index (χ4n) is 2.53. The normalized spacial score (nSPS) is 11.8. The molecule has 2 aromatic rings. The molecule has 140 valence electrons. The number of benzene rings is 2. The number of hydrogen-bond donors (Lipinski definition) is 2. The number of carbonyl (C=O) groups excluding carboxylic acids is 1. The molecule has 0 aliphatic carbocycles. The van der Waals surface area contributed by atoms with Crippen LogP contribution >= 0.6 is 11.8 Å². The smallest absolute Gasteiger partial charge is 0.319 e. The molecule has 5 heteroatoms. The quantitative estimate of drug-likeness (QED) is 0.614. The first-order chi connectivity index (χ1) is 12.5. The van der Waals surface area contributed by atoms with Crippen LogP contribution in [-0.2, 0) is 17.9 Å². The molecule has 0 fully saturated rings. The Labute approximate surface area is 160 Å². The maximum absolute atomic E-state index is 12.3. The lowest BCUT2D eigenvalue weighted by atomic mass is 10.1. The highest BCUT2D eigenvalue weighted by molar-refractivity contribution is 7.99. The van der Waals surface area contributed by atoms with Crippen molar-refractivity contribution in [3.8, 4) is 0 Å². The van der Waals surface area contributed by atoms with Gasteiger partial charge in [0.25, 0.3) is 0 Å². The van der Waals surface area contributed by atoms with Crippen LogP contribution < -0.4 is 10.6 Å². The minimum atomic E-state index is -0.206. The molecule has 1 unspecified atom stereocenters. The van der Waals surface area contributed by atoms with Gasteiger partial charge in [0, 0.05) is 29.5 Å². The van der Waals surface area contributed by atoms with E-state index in [1.807, 2.05) is 49.0 Å². The van der Waals surface area contributed by atoms with Gasteiger partial charge < -0.3 is 15.4 Å². The zero-order chi connectivity index (χ0) is 18.9. The molecule has 2 aromatic carbocycles. The van der Waals surface area contributed by atoms with Crippen molar-refractivity contribution < 1.29 is 9.53 Å². The predicted molar refractivity (Wildman–Crippen MR) is 110 cm³/mol. The number of thioether (sulfide) groups is 1. The van der Waals surface area contributed by atoms with Crippen LogP contribution in [0.2, 0.25) is 0 Å². The Morgan fingerprint density at radius 1 is 1.19 bits per heavy atom. The van der Waals surface area contributed by atoms with Crippen LogP contribution in [0.25, 0.3) is 0 Å². The second kappa shape index (κ2) is 10.2. The minimum absolute atomic E-state index is 0.206. The van der Waals surface area contributed by atoms with Crippen LogP contribution in [0.15, 0.2) is 47.4 Å². The van der Waals surface area contributed by atoms with Crippen molar-refractivity contribution in [2.45, 2.75) is 50.5 Å². The van der Waals surface area contributed by atoms with Gasteiger partial charge in [-0.2, -0.15) is 0 Å². The second-order valence-corrected chi connectivity index (χ2v) is 7.83. The number of rotatable bonds is 8. The van der Waals surface area contributed by atoms with Gasteiger partial charge in [0.15, 0.2) is 0 Å². The summed E-state index contributed by atoms with van der Waals surface area (Å²) in [5, 5.41) is 6.44. The van der Waals surface area contributed by atoms with Crippen molar-refractivity contribution in [3.05, 3.63) is 59.2 Å². The zero-order valence-electron chi connectivity index (χ0n) is 16.0. The summed E-state index contributed by atoms with van der Waals surface area (Å²) >= 11 is 1.86. The Hall–Kier alpha value is -1.98. The summed E-state index contributed by atoms with van der Waals surface area (Å²) in [5.41, 5.74) is 4.04. The number of anilines is 1. The van der Waals surface area contributed by atoms with E-state index >= 15 is 0 Å². The van der Waals surface area contributed by atoms with Gasteiger partial charge in [0.2, 0.25) is 0 Å². The monoisotopic (exact) mass is 372 g/mol. The van der Waals surface area contributed by atoms with E-state index in [-0.39, 0.29) is 6.03 Å². The highest BCUT2D eigenvalue weighted by atomic mass is 32.2. The molecule has 2 N–H and O–H groups in total. The van der Waals surface area contributed by atoms with Gasteiger partial charge in [-0.15, -0.1) is 11.8 Å². The van der Waals surface area contributed by atoms with E-state index in [0.29, 0.717) is 18.4 Å². The summed E-state index contributed by atoms with van der Waals surface area (Å²) in [7, 11) is 1.67. The fourth-order valence-corrected chi connectivity index (χ4v) is 3.56. The second-order valence-electron chi connectivity index (χ2n) is 6.32. The van der Waals surface area contributed by atoms with Crippen molar-refractivity contribution in [3.63, 3.8) is 0 Å². The van der Waals surface area contributed by atoms with Gasteiger partial charge in [-0.25, -0.2) is 4.79 Å². The average Bonchev–Trinajstić information content (AvgIpc) is 2.63. The number of nitrogens with one attached hydrogen (secondary N) is 2. The predicted octanol–water partition coefficient (Wildman–Crippen LogP) is 5.35. The number of urea groups is 1. The Bertz CT molecular complexity index is 734. The summed E-state index contributed by atoms with van der Waals surface area (Å²) < 4.78 is 5.20. The van der Waals surface area contributed by atoms with E-state index in [9.17, 15) is 4.79 Å². The molecular weight excluding hydrogens is 344 g/mol. The van der Waals surface area contributed by atoms with Crippen molar-refractivity contribution >= 4 is 23.5 Å². The van der Waals surface area contributed by atoms with Crippen LogP contribution in [0.3, 0.4) is 0 Å². The molecule has 2 amide bonds. The summed E-state index contributed by atoms with van der Waals surface area (Å²) in [5.74, 6) is 0. The Kier molecular flexibility index (Phi) is 8.01. The highest BCUT2D eigenvalue weighted by Crippen LogP contribution is 2.28. The molecule has 26 heavy (non-hydrogen) atoms. The summed E-state index contributed by atoms with van der Waals surface area (Å²) in [6.45, 7) is 7.43. The molecule has 4 nitrogen and oxygen atoms in total. The standard InChI is InChI=1S/C21H28N2O2S/c1-5-16(3)26-19-10-11-20(15(2)12-19)23-21(24)22-13-17-8-6-7-9-18(17)14-25-4/h6-12,16H,5,13-14H2,1-4H3,(H2,22,23,24). The number of methoxy groups -OCH3 is 1. The van der Waals surface area contributed by atoms with Crippen molar-refractivity contribution in [2.24, 2.45) is 0 Å². The van der Waals surface area contributed by atoms with Gasteiger partial charge in [-0.1, -0.05) is 38.1 Å². The van der Waals surface area contributed by atoms with Gasteiger partial charge in [-0.3, -0.25) is 0 Å².